The summed E-state index contributed by atoms with van der Waals surface area (Å²) in [7, 11) is 1.73. The molecule has 6 rings (SSSR count). The van der Waals surface area contributed by atoms with Gasteiger partial charge in [-0.3, -0.25) is 9.59 Å². The van der Waals surface area contributed by atoms with Crippen LogP contribution in [0.15, 0.2) is 65.5 Å². The number of ether oxygens (including phenoxy) is 1. The van der Waals surface area contributed by atoms with E-state index in [-0.39, 0.29) is 11.3 Å². The number of hydrogen-bond donors (Lipinski definition) is 1. The Hall–Kier alpha value is -3.97. The average molecular weight is 454 g/mol. The summed E-state index contributed by atoms with van der Waals surface area (Å²) in [5.41, 5.74) is 4.50. The first-order chi connectivity index (χ1) is 16.1. The molecule has 0 radical (unpaired) electrons. The minimum absolute atomic E-state index is 0.0308. The molecule has 1 N–H and O–H groups in total. The van der Waals surface area contributed by atoms with Gasteiger partial charge in [0.15, 0.2) is 10.9 Å². The zero-order valence-corrected chi connectivity index (χ0v) is 18.8. The number of carbonyl (C=O) groups is 1. The molecule has 162 valence electrons. The number of hydrogen-bond acceptors (Lipinski definition) is 6. The van der Waals surface area contributed by atoms with Crippen LogP contribution in [-0.4, -0.2) is 21.9 Å². The maximum atomic E-state index is 13.5. The highest BCUT2D eigenvalue weighted by Gasteiger charge is 2.29. The van der Waals surface area contributed by atoms with Crippen LogP contribution >= 0.6 is 11.3 Å². The highest BCUT2D eigenvalue weighted by atomic mass is 32.1. The number of pyridine rings is 1. The SMILES string of the molecule is CCOc1ccc2nc(Nc3c4c5c(cccc5n(C)c3=O)C(=O)c3ccccc3-4)sc2c1. The third-order valence-corrected chi connectivity index (χ3v) is 6.94. The number of nitrogens with zero attached hydrogens (tertiary/aromatic N) is 2. The van der Waals surface area contributed by atoms with Crippen molar-refractivity contribution in [2.45, 2.75) is 6.92 Å². The predicted molar refractivity (Wildman–Crippen MR) is 132 cm³/mol. The highest BCUT2D eigenvalue weighted by Crippen LogP contribution is 2.43. The zero-order valence-electron chi connectivity index (χ0n) is 18.0. The van der Waals surface area contributed by atoms with Crippen LogP contribution in [0.1, 0.15) is 22.8 Å². The van der Waals surface area contributed by atoms with Gasteiger partial charge in [0.1, 0.15) is 11.4 Å². The van der Waals surface area contributed by atoms with Crippen LogP contribution in [0.5, 0.6) is 5.75 Å². The van der Waals surface area contributed by atoms with Crippen LogP contribution < -0.4 is 15.6 Å². The van der Waals surface area contributed by atoms with Gasteiger partial charge in [-0.2, -0.15) is 0 Å². The van der Waals surface area contributed by atoms with E-state index in [1.807, 2.05) is 67.6 Å². The van der Waals surface area contributed by atoms with Crippen molar-refractivity contribution in [1.29, 1.82) is 0 Å². The Labute approximate surface area is 193 Å². The van der Waals surface area contributed by atoms with Crippen molar-refractivity contribution < 1.29 is 9.53 Å². The van der Waals surface area contributed by atoms with Gasteiger partial charge in [0.05, 0.1) is 22.3 Å². The normalized spacial score (nSPS) is 12.2. The molecule has 1 aliphatic rings. The van der Waals surface area contributed by atoms with Gasteiger partial charge in [-0.1, -0.05) is 47.7 Å². The lowest BCUT2D eigenvalue weighted by atomic mass is 9.83. The number of nitrogens with one attached hydrogen (secondary N) is 1. The number of fused-ring (bicyclic) bond motifs is 3. The molecule has 6 nitrogen and oxygen atoms in total. The minimum atomic E-state index is -0.173. The van der Waals surface area contributed by atoms with Gasteiger partial charge in [-0.25, -0.2) is 4.98 Å². The smallest absolute Gasteiger partial charge is 0.275 e. The Morgan fingerprint density at radius 3 is 2.61 bits per heavy atom. The van der Waals surface area contributed by atoms with Crippen molar-refractivity contribution in [3.05, 3.63) is 82.1 Å². The van der Waals surface area contributed by atoms with E-state index in [2.05, 4.69) is 10.3 Å². The molecule has 0 spiro atoms. The fourth-order valence-electron chi connectivity index (χ4n) is 4.53. The molecule has 0 unspecified atom stereocenters. The molecule has 0 bridgehead atoms. The molecule has 0 fully saturated rings. The number of anilines is 2. The summed E-state index contributed by atoms with van der Waals surface area (Å²) in [4.78, 5) is 31.4. The Morgan fingerprint density at radius 1 is 1.00 bits per heavy atom. The largest absolute Gasteiger partial charge is 0.494 e. The Balaban J connectivity index is 1.61. The summed E-state index contributed by atoms with van der Waals surface area (Å²) in [6.07, 6.45) is 0. The fraction of sp³-hybridized carbons (Fsp3) is 0.115. The maximum absolute atomic E-state index is 13.5. The molecular weight excluding hydrogens is 434 g/mol. The second kappa shape index (κ2) is 7.28. The first-order valence-electron chi connectivity index (χ1n) is 10.7. The van der Waals surface area contributed by atoms with Crippen molar-refractivity contribution in [2.75, 3.05) is 11.9 Å². The standard InChI is InChI=1S/C26H19N3O3S/c1-3-32-14-11-12-18-20(13-14)33-26(27-18)28-23-22-15-7-4-5-8-16(15)24(30)17-9-6-10-19(21(17)22)29(2)25(23)31/h4-13H,3H2,1-2H3,(H,27,28). The average Bonchev–Trinajstić information content (AvgIpc) is 3.23. The molecular formula is C26H19N3O3S. The monoisotopic (exact) mass is 453 g/mol. The Bertz CT molecular complexity index is 1670. The van der Waals surface area contributed by atoms with Gasteiger partial charge in [-0.15, -0.1) is 0 Å². The third kappa shape index (κ3) is 2.89. The van der Waals surface area contributed by atoms with Gasteiger partial charge < -0.3 is 14.6 Å². The van der Waals surface area contributed by atoms with Crippen LogP contribution in [0, 0.1) is 0 Å². The van der Waals surface area contributed by atoms with Crippen molar-refractivity contribution in [1.82, 2.24) is 9.55 Å². The van der Waals surface area contributed by atoms with E-state index in [0.717, 1.165) is 38.0 Å². The second-order valence-electron chi connectivity index (χ2n) is 7.90. The summed E-state index contributed by atoms with van der Waals surface area (Å²) in [5, 5.41) is 4.70. The van der Waals surface area contributed by atoms with Crippen LogP contribution in [0.3, 0.4) is 0 Å². The molecule has 5 aromatic rings. The lowest BCUT2D eigenvalue weighted by Crippen LogP contribution is -2.24. The molecule has 33 heavy (non-hydrogen) atoms. The first-order valence-corrected chi connectivity index (χ1v) is 11.5. The summed E-state index contributed by atoms with van der Waals surface area (Å²) in [6, 6.07) is 18.7. The van der Waals surface area contributed by atoms with E-state index in [1.54, 1.807) is 11.6 Å². The fourth-order valence-corrected chi connectivity index (χ4v) is 5.43. The topological polar surface area (TPSA) is 73.2 Å². The number of ketones is 1. The first kappa shape index (κ1) is 19.7. The molecule has 0 saturated carbocycles. The molecule has 0 saturated heterocycles. The number of rotatable bonds is 4. The van der Waals surface area contributed by atoms with Gasteiger partial charge in [0, 0.05) is 29.1 Å². The van der Waals surface area contributed by atoms with Crippen LogP contribution in [0.2, 0.25) is 0 Å². The van der Waals surface area contributed by atoms with Gasteiger partial charge >= 0.3 is 0 Å². The lowest BCUT2D eigenvalue weighted by molar-refractivity contribution is 0.104. The summed E-state index contributed by atoms with van der Waals surface area (Å²) in [5.74, 6) is 0.755. The number of aryl methyl sites for hydroxylation is 1. The third-order valence-electron chi connectivity index (χ3n) is 6.01. The molecule has 0 aliphatic heterocycles. The van der Waals surface area contributed by atoms with E-state index >= 15 is 0 Å². The molecule has 0 atom stereocenters. The lowest BCUT2D eigenvalue weighted by Gasteiger charge is -2.23. The number of carbonyl (C=O) groups excluding carboxylic acids is 1. The number of thiazole rings is 1. The predicted octanol–water partition coefficient (Wildman–Crippen LogP) is 5.50. The molecule has 2 heterocycles. The van der Waals surface area contributed by atoms with E-state index in [0.29, 0.717) is 28.6 Å². The molecule has 1 aliphatic carbocycles. The highest BCUT2D eigenvalue weighted by molar-refractivity contribution is 7.22. The van der Waals surface area contributed by atoms with E-state index in [1.165, 1.54) is 11.3 Å². The summed E-state index contributed by atoms with van der Waals surface area (Å²) >= 11 is 1.46. The van der Waals surface area contributed by atoms with Gasteiger partial charge in [0.2, 0.25) is 0 Å². The second-order valence-corrected chi connectivity index (χ2v) is 8.93. The maximum Gasteiger partial charge on any atom is 0.275 e. The summed E-state index contributed by atoms with van der Waals surface area (Å²) in [6.45, 7) is 2.54. The Morgan fingerprint density at radius 2 is 1.79 bits per heavy atom. The van der Waals surface area contributed by atoms with E-state index in [9.17, 15) is 9.59 Å². The van der Waals surface area contributed by atoms with Crippen molar-refractivity contribution in [2.24, 2.45) is 7.05 Å². The van der Waals surface area contributed by atoms with Crippen LogP contribution in [0.25, 0.3) is 32.2 Å². The minimum Gasteiger partial charge on any atom is -0.494 e. The molecule has 2 aromatic heterocycles. The number of benzene rings is 3. The van der Waals surface area contributed by atoms with Crippen molar-refractivity contribution in [3.63, 3.8) is 0 Å². The van der Waals surface area contributed by atoms with Gasteiger partial charge in [0.25, 0.3) is 5.56 Å². The number of aromatic nitrogens is 2. The van der Waals surface area contributed by atoms with Crippen LogP contribution in [0.4, 0.5) is 10.8 Å². The van der Waals surface area contributed by atoms with Crippen LogP contribution in [-0.2, 0) is 7.05 Å². The van der Waals surface area contributed by atoms with Crippen molar-refractivity contribution in [3.8, 4) is 16.9 Å². The summed E-state index contributed by atoms with van der Waals surface area (Å²) < 4.78 is 8.16. The van der Waals surface area contributed by atoms with Gasteiger partial charge in [-0.05, 0) is 36.8 Å². The van der Waals surface area contributed by atoms with E-state index < -0.39 is 0 Å². The molecule has 7 heteroatoms. The molecule has 3 aromatic carbocycles. The zero-order chi connectivity index (χ0) is 22.7. The Kier molecular flexibility index (Phi) is 4.35. The molecule has 0 amide bonds. The quantitative estimate of drug-likeness (QED) is 0.381. The van der Waals surface area contributed by atoms with Crippen molar-refractivity contribution >= 4 is 49.1 Å². The van der Waals surface area contributed by atoms with E-state index in [4.69, 9.17) is 4.74 Å².